The van der Waals surface area contributed by atoms with Crippen LogP contribution in [0.2, 0.25) is 0 Å². The highest BCUT2D eigenvalue weighted by atomic mass is 32.1. The molecule has 32 heavy (non-hydrogen) atoms. The monoisotopic (exact) mass is 445 g/mol. The van der Waals surface area contributed by atoms with Crippen molar-refractivity contribution in [2.75, 3.05) is 13.2 Å². The Bertz CT molecular complexity index is 1310. The molecule has 1 aliphatic rings. The third-order valence-electron chi connectivity index (χ3n) is 4.73. The summed E-state index contributed by atoms with van der Waals surface area (Å²) in [6.07, 6.45) is 8.35. The summed E-state index contributed by atoms with van der Waals surface area (Å²) in [5.74, 6) is -0.427. The van der Waals surface area contributed by atoms with Gasteiger partial charge in [0, 0.05) is 34.5 Å². The first-order valence-corrected chi connectivity index (χ1v) is 10.7. The fourth-order valence-electron chi connectivity index (χ4n) is 3.08. The Morgan fingerprint density at radius 2 is 1.94 bits per heavy atom. The minimum atomic E-state index is -0.445. The summed E-state index contributed by atoms with van der Waals surface area (Å²) in [6, 6.07) is 10.8. The lowest BCUT2D eigenvalue weighted by Gasteiger charge is -2.20. The number of benzene rings is 1. The first-order chi connectivity index (χ1) is 15.5. The molecule has 4 rings (SSSR count). The smallest absolute Gasteiger partial charge is 0.279 e. The molecule has 2 amide bonds. The number of imide groups is 1. The van der Waals surface area contributed by atoms with Gasteiger partial charge in [0.05, 0.1) is 11.9 Å². The third kappa shape index (κ3) is 4.70. The van der Waals surface area contributed by atoms with Crippen LogP contribution in [0.25, 0.3) is 20.7 Å². The lowest BCUT2D eigenvalue weighted by molar-refractivity contribution is -0.142. The van der Waals surface area contributed by atoms with Crippen molar-refractivity contribution >= 4 is 33.2 Å². The second-order valence-corrected chi connectivity index (χ2v) is 7.95. The molecular weight excluding hydrogens is 426 g/mol. The number of amides is 2. The van der Waals surface area contributed by atoms with Crippen molar-refractivity contribution in [3.63, 3.8) is 0 Å². The van der Waals surface area contributed by atoms with E-state index in [0.717, 1.165) is 9.60 Å². The molecule has 0 aliphatic carbocycles. The molecule has 0 radical (unpaired) electrons. The number of nitrogens with zero attached hydrogens (tertiary/aromatic N) is 3. The van der Waals surface area contributed by atoms with Crippen LogP contribution in [0.15, 0.2) is 83.8 Å². The van der Waals surface area contributed by atoms with E-state index in [1.807, 2.05) is 18.2 Å². The van der Waals surface area contributed by atoms with E-state index in [9.17, 15) is 14.4 Å². The summed E-state index contributed by atoms with van der Waals surface area (Å²) in [5, 5.41) is 1.16. The quantitative estimate of drug-likeness (QED) is 0.441. The average Bonchev–Trinajstić information content (AvgIpc) is 2.86. The minimum absolute atomic E-state index is 0.0790. The van der Waals surface area contributed by atoms with Crippen molar-refractivity contribution in [1.29, 1.82) is 0 Å². The Balaban J connectivity index is 1.43. The van der Waals surface area contributed by atoms with E-state index in [2.05, 4.69) is 16.5 Å². The van der Waals surface area contributed by atoms with Gasteiger partial charge in [-0.05, 0) is 18.2 Å². The topological polar surface area (TPSA) is 89.5 Å². The number of fused-ring (bicyclic) bond motifs is 1. The molecule has 3 heterocycles. The van der Waals surface area contributed by atoms with E-state index >= 15 is 0 Å². The lowest BCUT2D eigenvalue weighted by atomic mass is 10.2. The van der Waals surface area contributed by atoms with Crippen molar-refractivity contribution in [2.45, 2.75) is 6.42 Å². The van der Waals surface area contributed by atoms with Crippen molar-refractivity contribution in [3.8, 4) is 16.5 Å². The van der Waals surface area contributed by atoms with Gasteiger partial charge in [-0.1, -0.05) is 43.0 Å². The second kappa shape index (κ2) is 9.49. The highest BCUT2D eigenvalue weighted by Crippen LogP contribution is 2.26. The number of allylic oxidation sites excluding steroid dienone is 2. The molecule has 0 N–H and O–H groups in total. The Hall–Kier alpha value is -3.91. The van der Waals surface area contributed by atoms with Crippen LogP contribution in [-0.2, 0) is 9.59 Å². The van der Waals surface area contributed by atoms with Crippen molar-refractivity contribution in [1.82, 2.24) is 14.9 Å². The summed E-state index contributed by atoms with van der Waals surface area (Å²) in [5.41, 5.74) is 0.652. The Morgan fingerprint density at radius 1 is 1.09 bits per heavy atom. The molecule has 1 aliphatic heterocycles. The number of hydrogen-bond acceptors (Lipinski definition) is 7. The molecule has 1 aromatic carbocycles. The number of rotatable bonds is 5. The maximum atomic E-state index is 12.4. The second-order valence-electron chi connectivity index (χ2n) is 6.92. The summed E-state index contributed by atoms with van der Waals surface area (Å²) in [6.45, 7) is 3.88. The molecular formula is C24H19N3O4S. The van der Waals surface area contributed by atoms with Crippen LogP contribution in [0, 0.1) is 0 Å². The molecule has 3 aromatic rings. The van der Waals surface area contributed by atoms with Gasteiger partial charge in [0.2, 0.25) is 11.8 Å². The SMILES string of the molecule is C=C1/C=C\C=C/CC(=O)N(CCOc2ccc(-c3nc(=O)c4ccccc4s3)cn2)C1=O. The molecule has 0 spiro atoms. The van der Waals surface area contributed by atoms with Crippen LogP contribution < -0.4 is 10.3 Å². The molecule has 0 saturated carbocycles. The number of carbonyl (C=O) groups is 2. The number of aromatic nitrogens is 2. The molecule has 2 aromatic heterocycles. The zero-order chi connectivity index (χ0) is 22.5. The molecule has 0 bridgehead atoms. The van der Waals surface area contributed by atoms with E-state index < -0.39 is 5.91 Å². The van der Waals surface area contributed by atoms with Crippen molar-refractivity contribution < 1.29 is 14.3 Å². The molecule has 8 heteroatoms. The zero-order valence-electron chi connectivity index (χ0n) is 17.1. The summed E-state index contributed by atoms with van der Waals surface area (Å²) >= 11 is 1.41. The van der Waals surface area contributed by atoms with Gasteiger partial charge in [-0.25, -0.2) is 4.98 Å². The first-order valence-electron chi connectivity index (χ1n) is 9.89. The molecule has 160 valence electrons. The predicted octanol–water partition coefficient (Wildman–Crippen LogP) is 3.52. The predicted molar refractivity (Wildman–Crippen MR) is 123 cm³/mol. The van der Waals surface area contributed by atoms with Crippen LogP contribution >= 0.6 is 11.3 Å². The van der Waals surface area contributed by atoms with Crippen LogP contribution in [0.5, 0.6) is 5.88 Å². The van der Waals surface area contributed by atoms with Gasteiger partial charge in [0.1, 0.15) is 11.6 Å². The summed E-state index contributed by atoms with van der Waals surface area (Å²) in [7, 11) is 0. The van der Waals surface area contributed by atoms with Crippen molar-refractivity contribution in [2.24, 2.45) is 0 Å². The van der Waals surface area contributed by atoms with Gasteiger partial charge in [0.25, 0.3) is 11.5 Å². The van der Waals surface area contributed by atoms with Crippen molar-refractivity contribution in [3.05, 3.63) is 89.4 Å². The molecule has 0 fully saturated rings. The van der Waals surface area contributed by atoms with Gasteiger partial charge in [-0.3, -0.25) is 19.3 Å². The molecule has 0 saturated heterocycles. The van der Waals surface area contributed by atoms with Crippen LogP contribution in [0.4, 0.5) is 0 Å². The van der Waals surface area contributed by atoms with Crippen LogP contribution in [-0.4, -0.2) is 39.8 Å². The van der Waals surface area contributed by atoms with E-state index in [1.165, 1.54) is 11.3 Å². The van der Waals surface area contributed by atoms with E-state index in [1.54, 1.807) is 48.7 Å². The lowest BCUT2D eigenvalue weighted by Crippen LogP contribution is -2.39. The van der Waals surface area contributed by atoms with Gasteiger partial charge >= 0.3 is 0 Å². The van der Waals surface area contributed by atoms with Gasteiger partial charge in [-0.2, -0.15) is 4.98 Å². The van der Waals surface area contributed by atoms with E-state index in [4.69, 9.17) is 4.74 Å². The Labute approximate surface area is 188 Å². The van der Waals surface area contributed by atoms with Crippen LogP contribution in [0.1, 0.15) is 6.42 Å². The summed E-state index contributed by atoms with van der Waals surface area (Å²) < 4.78 is 6.48. The number of ether oxygens (including phenoxy) is 1. The number of hydrogen-bond donors (Lipinski definition) is 0. The Morgan fingerprint density at radius 3 is 2.75 bits per heavy atom. The molecule has 0 atom stereocenters. The standard InChI is InChI=1S/C24H19N3O4S/c1-16-7-3-2-4-10-21(28)27(24(16)30)13-14-31-20-12-11-17(15-25-20)23-26-22(29)18-8-5-6-9-19(18)32-23/h2-9,11-12,15H,1,10,13-14H2/b4-2-,7-3-. The Kier molecular flexibility index (Phi) is 6.32. The zero-order valence-corrected chi connectivity index (χ0v) is 17.9. The third-order valence-corrected chi connectivity index (χ3v) is 5.83. The highest BCUT2D eigenvalue weighted by Gasteiger charge is 2.22. The van der Waals surface area contributed by atoms with Gasteiger partial charge in [-0.15, -0.1) is 11.3 Å². The maximum absolute atomic E-state index is 12.4. The fraction of sp³-hybridized carbons (Fsp3) is 0.125. The normalized spacial score (nSPS) is 16.4. The largest absolute Gasteiger partial charge is 0.476 e. The minimum Gasteiger partial charge on any atom is -0.476 e. The van der Waals surface area contributed by atoms with E-state index in [-0.39, 0.29) is 36.6 Å². The van der Waals surface area contributed by atoms with E-state index in [0.29, 0.717) is 21.8 Å². The average molecular weight is 446 g/mol. The number of carbonyl (C=O) groups excluding carboxylic acids is 2. The summed E-state index contributed by atoms with van der Waals surface area (Å²) in [4.78, 5) is 46.6. The van der Waals surface area contributed by atoms with Gasteiger partial charge in [0.15, 0.2) is 0 Å². The number of pyridine rings is 1. The maximum Gasteiger partial charge on any atom is 0.279 e. The molecule has 0 unspecified atom stereocenters. The fourth-order valence-corrected chi connectivity index (χ4v) is 4.07. The van der Waals surface area contributed by atoms with Gasteiger partial charge < -0.3 is 4.74 Å². The molecule has 7 nitrogen and oxygen atoms in total. The highest BCUT2D eigenvalue weighted by molar-refractivity contribution is 7.21. The van der Waals surface area contributed by atoms with Crippen LogP contribution in [0.3, 0.4) is 0 Å². The first kappa shape index (κ1) is 21.3.